The third-order valence-electron chi connectivity index (χ3n) is 9.56. The highest BCUT2D eigenvalue weighted by Gasteiger charge is 2.44. The molecular formula is C42H38N6O6S2. The Kier molecular flexibility index (Phi) is 11.9. The SMILES string of the molecule is COCCN1C(=O)c2ccccc2C(C(=O)Nc2ccncn2)C1c1cccs1.COc1cccc(NC(=O)C2c3ccccc3C(=O)NC2c2cccs2)c1. The fourth-order valence-electron chi connectivity index (χ4n) is 7.03. The van der Waals surface area contributed by atoms with Crippen molar-refractivity contribution < 1.29 is 28.7 Å². The Labute approximate surface area is 331 Å². The normalized spacial score (nSPS) is 18.4. The molecule has 6 aromatic rings. The summed E-state index contributed by atoms with van der Waals surface area (Å²) in [7, 11) is 3.18. The monoisotopic (exact) mass is 786 g/mol. The summed E-state index contributed by atoms with van der Waals surface area (Å²) >= 11 is 3.06. The highest BCUT2D eigenvalue weighted by atomic mass is 32.1. The number of hydrogen-bond donors (Lipinski definition) is 3. The smallest absolute Gasteiger partial charge is 0.254 e. The molecule has 2 aliphatic rings. The van der Waals surface area contributed by atoms with Crippen LogP contribution < -0.4 is 20.7 Å². The van der Waals surface area contributed by atoms with Gasteiger partial charge in [-0.25, -0.2) is 9.97 Å². The third-order valence-corrected chi connectivity index (χ3v) is 11.5. The summed E-state index contributed by atoms with van der Waals surface area (Å²) < 4.78 is 10.5. The van der Waals surface area contributed by atoms with E-state index in [2.05, 4.69) is 25.9 Å². The van der Waals surface area contributed by atoms with Crippen LogP contribution >= 0.6 is 22.7 Å². The summed E-state index contributed by atoms with van der Waals surface area (Å²) in [6.45, 7) is 0.777. The van der Waals surface area contributed by atoms with Crippen molar-refractivity contribution in [1.82, 2.24) is 20.2 Å². The molecule has 0 radical (unpaired) electrons. The summed E-state index contributed by atoms with van der Waals surface area (Å²) in [5, 5.41) is 12.7. The van der Waals surface area contributed by atoms with E-state index in [4.69, 9.17) is 9.47 Å². The topological polar surface area (TPSA) is 152 Å². The van der Waals surface area contributed by atoms with E-state index in [1.165, 1.54) is 29.0 Å². The zero-order chi connectivity index (χ0) is 39.0. The van der Waals surface area contributed by atoms with Gasteiger partial charge in [0.2, 0.25) is 11.8 Å². The van der Waals surface area contributed by atoms with E-state index in [9.17, 15) is 19.2 Å². The number of ether oxygens (including phenoxy) is 2. The molecule has 5 heterocycles. The van der Waals surface area contributed by atoms with Gasteiger partial charge < -0.3 is 30.3 Å². The molecule has 0 bridgehead atoms. The molecule has 0 spiro atoms. The molecule has 2 aliphatic heterocycles. The average molecular weight is 787 g/mol. The number of nitrogens with one attached hydrogen (secondary N) is 3. The number of carbonyl (C=O) groups excluding carboxylic acids is 4. The summed E-state index contributed by atoms with van der Waals surface area (Å²) in [5.41, 5.74) is 3.19. The van der Waals surface area contributed by atoms with Crippen LogP contribution in [-0.2, 0) is 14.3 Å². The first-order chi connectivity index (χ1) is 27.4. The lowest BCUT2D eigenvalue weighted by Crippen LogP contribution is -2.47. The maximum atomic E-state index is 13.4. The van der Waals surface area contributed by atoms with Gasteiger partial charge in [0.05, 0.1) is 37.6 Å². The second-order valence-electron chi connectivity index (χ2n) is 12.9. The molecule has 3 N–H and O–H groups in total. The van der Waals surface area contributed by atoms with Crippen molar-refractivity contribution in [2.75, 3.05) is 38.0 Å². The molecule has 4 amide bonds. The van der Waals surface area contributed by atoms with Gasteiger partial charge in [0, 0.05) is 52.5 Å². The number of benzene rings is 3. The molecule has 0 aliphatic carbocycles. The Morgan fingerprint density at radius 2 is 1.48 bits per heavy atom. The van der Waals surface area contributed by atoms with Crippen LogP contribution in [0.2, 0.25) is 0 Å². The van der Waals surface area contributed by atoms with Crippen molar-refractivity contribution in [3.8, 4) is 5.75 Å². The van der Waals surface area contributed by atoms with Crippen molar-refractivity contribution in [2.45, 2.75) is 23.9 Å². The van der Waals surface area contributed by atoms with Gasteiger partial charge >= 0.3 is 0 Å². The summed E-state index contributed by atoms with van der Waals surface area (Å²) in [6, 6.07) is 30.3. The van der Waals surface area contributed by atoms with Crippen molar-refractivity contribution in [1.29, 1.82) is 0 Å². The molecule has 56 heavy (non-hydrogen) atoms. The van der Waals surface area contributed by atoms with Crippen LogP contribution in [0.25, 0.3) is 0 Å². The number of methoxy groups -OCH3 is 2. The Morgan fingerprint density at radius 3 is 2.16 bits per heavy atom. The predicted molar refractivity (Wildman–Crippen MR) is 215 cm³/mol. The van der Waals surface area contributed by atoms with Gasteiger partial charge in [0.25, 0.3) is 11.8 Å². The Hall–Kier alpha value is -6.22. The maximum Gasteiger partial charge on any atom is 0.254 e. The first-order valence-corrected chi connectivity index (χ1v) is 19.5. The second-order valence-corrected chi connectivity index (χ2v) is 14.8. The summed E-state index contributed by atoms with van der Waals surface area (Å²) in [4.78, 5) is 64.1. The zero-order valence-corrected chi connectivity index (χ0v) is 32.1. The number of anilines is 2. The zero-order valence-electron chi connectivity index (χ0n) is 30.5. The quantitative estimate of drug-likeness (QED) is 0.134. The van der Waals surface area contributed by atoms with Gasteiger partial charge in [-0.3, -0.25) is 19.2 Å². The fourth-order valence-corrected chi connectivity index (χ4v) is 8.72. The molecule has 4 unspecified atom stereocenters. The molecule has 14 heteroatoms. The molecule has 0 saturated carbocycles. The van der Waals surface area contributed by atoms with Gasteiger partial charge in [0.1, 0.15) is 17.9 Å². The van der Waals surface area contributed by atoms with Crippen molar-refractivity contribution in [3.05, 3.63) is 158 Å². The van der Waals surface area contributed by atoms with Gasteiger partial charge in [-0.15, -0.1) is 22.7 Å². The van der Waals surface area contributed by atoms with Crippen LogP contribution in [0, 0.1) is 0 Å². The van der Waals surface area contributed by atoms with Crippen molar-refractivity contribution in [3.63, 3.8) is 0 Å². The molecule has 284 valence electrons. The second kappa shape index (κ2) is 17.5. The minimum absolute atomic E-state index is 0.0952. The van der Waals surface area contributed by atoms with Crippen LogP contribution in [0.15, 0.2) is 126 Å². The molecule has 4 atom stereocenters. The number of aromatic nitrogens is 2. The molecule has 3 aromatic carbocycles. The van der Waals surface area contributed by atoms with Crippen LogP contribution in [-0.4, -0.2) is 65.9 Å². The van der Waals surface area contributed by atoms with Gasteiger partial charge in [-0.05, 0) is 64.4 Å². The van der Waals surface area contributed by atoms with Crippen LogP contribution in [0.5, 0.6) is 5.75 Å². The van der Waals surface area contributed by atoms with Crippen LogP contribution in [0.3, 0.4) is 0 Å². The van der Waals surface area contributed by atoms with Crippen molar-refractivity contribution in [2.24, 2.45) is 0 Å². The minimum Gasteiger partial charge on any atom is -0.497 e. The summed E-state index contributed by atoms with van der Waals surface area (Å²) in [6.07, 6.45) is 2.96. The first kappa shape index (κ1) is 38.1. The predicted octanol–water partition coefficient (Wildman–Crippen LogP) is 7.07. The van der Waals surface area contributed by atoms with E-state index < -0.39 is 23.9 Å². The number of thiophene rings is 2. The number of carbonyl (C=O) groups is 4. The fraction of sp³-hybridized carbons (Fsp3) is 0.190. The minimum atomic E-state index is -0.575. The molecule has 0 fully saturated rings. The van der Waals surface area contributed by atoms with Gasteiger partial charge in [0.15, 0.2) is 0 Å². The van der Waals surface area contributed by atoms with Gasteiger partial charge in [-0.1, -0.05) is 54.6 Å². The van der Waals surface area contributed by atoms with E-state index in [0.29, 0.717) is 41.5 Å². The largest absolute Gasteiger partial charge is 0.497 e. The van der Waals surface area contributed by atoms with Crippen molar-refractivity contribution >= 4 is 57.8 Å². The van der Waals surface area contributed by atoms with Gasteiger partial charge in [-0.2, -0.15) is 0 Å². The standard InChI is InChI=1S/C21H20N4O3S.C21H18N2O3S/c1-28-11-10-25-19(16-7-4-12-29-16)18(14-5-2-3-6-15(14)21(25)27)20(26)24-17-8-9-22-13-23-17;1-26-14-7-4-6-13(12-14)22-21(25)18-15-8-2-3-9-16(15)20(24)23-19(18)17-10-5-11-27-17/h2-9,12-13,18-19H,10-11H2,1H3,(H,22,23,24,26);2-12,18-19H,1H3,(H,22,25)(H,23,24). The number of fused-ring (bicyclic) bond motifs is 2. The highest BCUT2D eigenvalue weighted by molar-refractivity contribution is 7.10. The molecule has 12 nitrogen and oxygen atoms in total. The average Bonchev–Trinajstić information content (AvgIpc) is 3.97. The number of rotatable bonds is 10. The van der Waals surface area contributed by atoms with E-state index in [-0.39, 0.29) is 23.6 Å². The Morgan fingerprint density at radius 1 is 0.786 bits per heavy atom. The third kappa shape index (κ3) is 8.08. The van der Waals surface area contributed by atoms with E-state index in [1.807, 2.05) is 83.6 Å². The lowest BCUT2D eigenvalue weighted by Gasteiger charge is -2.41. The summed E-state index contributed by atoms with van der Waals surface area (Å²) in [5.74, 6) is -0.652. The van der Waals surface area contributed by atoms with E-state index in [0.717, 1.165) is 20.9 Å². The Balaban J connectivity index is 0.000000172. The molecule has 3 aromatic heterocycles. The van der Waals surface area contributed by atoms with Crippen LogP contribution in [0.1, 0.15) is 65.5 Å². The van der Waals surface area contributed by atoms with E-state index in [1.54, 1.807) is 55.6 Å². The van der Waals surface area contributed by atoms with Crippen LogP contribution in [0.4, 0.5) is 11.5 Å². The number of nitrogens with zero attached hydrogens (tertiary/aromatic N) is 3. The number of amides is 4. The number of hydrogen-bond acceptors (Lipinski definition) is 10. The lowest BCUT2D eigenvalue weighted by atomic mass is 9.81. The highest BCUT2D eigenvalue weighted by Crippen LogP contribution is 2.45. The molecule has 0 saturated heterocycles. The maximum absolute atomic E-state index is 13.4. The van der Waals surface area contributed by atoms with E-state index >= 15 is 0 Å². The molecular weight excluding hydrogens is 749 g/mol. The first-order valence-electron chi connectivity index (χ1n) is 17.7. The molecule has 8 rings (SSSR count). The lowest BCUT2D eigenvalue weighted by molar-refractivity contribution is -0.119. The Bertz CT molecular complexity index is 2300.